The Morgan fingerprint density at radius 2 is 1.83 bits per heavy atom. The van der Waals surface area contributed by atoms with Crippen molar-refractivity contribution in [1.29, 1.82) is 0 Å². The number of likely N-dealkylation sites (N-methyl/N-ethyl adjacent to an activating group) is 1. The van der Waals surface area contributed by atoms with E-state index in [0.29, 0.717) is 24.4 Å². The Bertz CT molecular complexity index is 543. The average Bonchev–Trinajstić information content (AvgIpc) is 3.23. The van der Waals surface area contributed by atoms with Gasteiger partial charge in [-0.05, 0) is 69.8 Å². The molecule has 0 bridgehead atoms. The molecule has 2 fully saturated rings. The third-order valence-corrected chi connectivity index (χ3v) is 5.66. The molecule has 2 aliphatic rings. The Labute approximate surface area is 145 Å². The minimum absolute atomic E-state index is 0.353. The van der Waals surface area contributed by atoms with Gasteiger partial charge in [-0.1, -0.05) is 12.1 Å². The second-order valence-electron chi connectivity index (χ2n) is 7.19. The lowest BCUT2D eigenvalue weighted by Gasteiger charge is -2.33. The van der Waals surface area contributed by atoms with E-state index in [4.69, 9.17) is 4.74 Å². The van der Waals surface area contributed by atoms with Crippen LogP contribution in [0.1, 0.15) is 44.1 Å². The van der Waals surface area contributed by atoms with Gasteiger partial charge in [0.1, 0.15) is 5.75 Å². The van der Waals surface area contributed by atoms with Gasteiger partial charge in [0.15, 0.2) is 0 Å². The molecule has 1 amide bonds. The van der Waals surface area contributed by atoms with E-state index >= 15 is 0 Å². The Morgan fingerprint density at radius 1 is 1.12 bits per heavy atom. The first-order valence-corrected chi connectivity index (χ1v) is 9.31. The normalized spacial score (nSPS) is 24.5. The van der Waals surface area contributed by atoms with Gasteiger partial charge in [-0.25, -0.2) is 0 Å². The third-order valence-electron chi connectivity index (χ3n) is 5.66. The first kappa shape index (κ1) is 17.3. The van der Waals surface area contributed by atoms with Gasteiger partial charge in [0.2, 0.25) is 5.91 Å². The molecule has 3 rings (SSSR count). The second kappa shape index (κ2) is 8.02. The number of carbonyl (C=O) groups is 1. The fourth-order valence-electron chi connectivity index (χ4n) is 4.30. The summed E-state index contributed by atoms with van der Waals surface area (Å²) in [6, 6.07) is 9.20. The molecule has 24 heavy (non-hydrogen) atoms. The highest BCUT2D eigenvalue weighted by Gasteiger charge is 2.37. The number of methoxy groups -OCH3 is 1. The molecule has 0 aromatic heterocycles. The zero-order valence-electron chi connectivity index (χ0n) is 15.0. The van der Waals surface area contributed by atoms with Crippen molar-refractivity contribution >= 4 is 5.91 Å². The van der Waals surface area contributed by atoms with Crippen molar-refractivity contribution in [3.05, 3.63) is 29.8 Å². The molecule has 4 heteroatoms. The third kappa shape index (κ3) is 3.92. The van der Waals surface area contributed by atoms with E-state index in [1.165, 1.54) is 37.8 Å². The van der Waals surface area contributed by atoms with E-state index in [1.54, 1.807) is 7.11 Å². The summed E-state index contributed by atoms with van der Waals surface area (Å²) >= 11 is 0. The van der Waals surface area contributed by atoms with Crippen LogP contribution in [-0.4, -0.2) is 55.0 Å². The van der Waals surface area contributed by atoms with E-state index < -0.39 is 0 Å². The molecule has 2 heterocycles. The van der Waals surface area contributed by atoms with Gasteiger partial charge < -0.3 is 14.5 Å². The second-order valence-corrected chi connectivity index (χ2v) is 7.19. The zero-order valence-corrected chi connectivity index (χ0v) is 15.0. The lowest BCUT2D eigenvalue weighted by molar-refractivity contribution is -0.133. The van der Waals surface area contributed by atoms with Gasteiger partial charge >= 0.3 is 0 Å². The maximum Gasteiger partial charge on any atom is 0.222 e. The van der Waals surface area contributed by atoms with Crippen LogP contribution in [-0.2, 0) is 11.2 Å². The highest BCUT2D eigenvalue weighted by molar-refractivity contribution is 5.77. The van der Waals surface area contributed by atoms with Crippen LogP contribution in [0.15, 0.2) is 24.3 Å². The number of hydrogen-bond donors (Lipinski definition) is 0. The summed E-state index contributed by atoms with van der Waals surface area (Å²) in [5, 5.41) is 0. The van der Waals surface area contributed by atoms with E-state index in [-0.39, 0.29) is 0 Å². The van der Waals surface area contributed by atoms with Crippen LogP contribution in [0.5, 0.6) is 5.75 Å². The van der Waals surface area contributed by atoms with Gasteiger partial charge in [-0.2, -0.15) is 0 Å². The minimum atomic E-state index is 0.353. The van der Waals surface area contributed by atoms with Crippen LogP contribution < -0.4 is 4.74 Å². The molecule has 0 aliphatic carbocycles. The molecule has 2 atom stereocenters. The van der Waals surface area contributed by atoms with Crippen molar-refractivity contribution in [3.63, 3.8) is 0 Å². The molecule has 0 unspecified atom stereocenters. The van der Waals surface area contributed by atoms with E-state index in [2.05, 4.69) is 29.0 Å². The standard InChI is InChI=1S/C20H30N2O2/c1-21-14-4-7-18(21)19-8-5-15-22(19)20(23)9-3-6-16-10-12-17(24-2)13-11-16/h10-13,18-19H,3-9,14-15H2,1-2H3/t18-,19+/m1/s1. The summed E-state index contributed by atoms with van der Waals surface area (Å²) in [7, 11) is 3.89. The fraction of sp³-hybridized carbons (Fsp3) is 0.650. The molecule has 0 radical (unpaired) electrons. The number of aryl methyl sites for hydroxylation is 1. The van der Waals surface area contributed by atoms with Crippen LogP contribution in [0.25, 0.3) is 0 Å². The summed E-state index contributed by atoms with van der Waals surface area (Å²) < 4.78 is 5.18. The Balaban J connectivity index is 1.48. The summed E-state index contributed by atoms with van der Waals surface area (Å²) in [6.45, 7) is 2.14. The molecular formula is C20H30N2O2. The number of amides is 1. The summed E-state index contributed by atoms with van der Waals surface area (Å²) in [5.41, 5.74) is 1.28. The van der Waals surface area contributed by atoms with Crippen LogP contribution >= 0.6 is 0 Å². The van der Waals surface area contributed by atoms with Gasteiger partial charge in [0.05, 0.1) is 7.11 Å². The highest BCUT2D eigenvalue weighted by atomic mass is 16.5. The molecular weight excluding hydrogens is 300 g/mol. The highest BCUT2D eigenvalue weighted by Crippen LogP contribution is 2.29. The molecule has 0 saturated carbocycles. The average molecular weight is 330 g/mol. The van der Waals surface area contributed by atoms with Crippen molar-refractivity contribution in [1.82, 2.24) is 9.80 Å². The maximum atomic E-state index is 12.7. The zero-order chi connectivity index (χ0) is 16.9. The number of benzene rings is 1. The van der Waals surface area contributed by atoms with Crippen LogP contribution in [0, 0.1) is 0 Å². The maximum absolute atomic E-state index is 12.7. The number of nitrogens with zero attached hydrogens (tertiary/aromatic N) is 2. The van der Waals surface area contributed by atoms with E-state index in [9.17, 15) is 4.79 Å². The Hall–Kier alpha value is -1.55. The van der Waals surface area contributed by atoms with Gasteiger partial charge in [-0.3, -0.25) is 4.79 Å². The number of ether oxygens (including phenoxy) is 1. The molecule has 2 saturated heterocycles. The fourth-order valence-corrected chi connectivity index (χ4v) is 4.30. The summed E-state index contributed by atoms with van der Waals surface area (Å²) in [4.78, 5) is 17.3. The van der Waals surface area contributed by atoms with Crippen LogP contribution in [0.2, 0.25) is 0 Å². The van der Waals surface area contributed by atoms with Gasteiger partial charge in [-0.15, -0.1) is 0 Å². The predicted molar refractivity (Wildman–Crippen MR) is 96.3 cm³/mol. The Kier molecular flexibility index (Phi) is 5.77. The molecule has 0 spiro atoms. The largest absolute Gasteiger partial charge is 0.497 e. The number of rotatable bonds is 6. The Morgan fingerprint density at radius 3 is 2.50 bits per heavy atom. The van der Waals surface area contributed by atoms with Crippen molar-refractivity contribution < 1.29 is 9.53 Å². The van der Waals surface area contributed by atoms with Crippen LogP contribution in [0.4, 0.5) is 0 Å². The number of hydrogen-bond acceptors (Lipinski definition) is 3. The molecule has 4 nitrogen and oxygen atoms in total. The lowest BCUT2D eigenvalue weighted by atomic mass is 10.0. The summed E-state index contributed by atoms with van der Waals surface area (Å²) in [6.07, 6.45) is 7.41. The van der Waals surface area contributed by atoms with Crippen molar-refractivity contribution in [3.8, 4) is 5.75 Å². The monoisotopic (exact) mass is 330 g/mol. The quantitative estimate of drug-likeness (QED) is 0.803. The first-order chi connectivity index (χ1) is 11.7. The minimum Gasteiger partial charge on any atom is -0.497 e. The number of likely N-dealkylation sites (tertiary alicyclic amines) is 2. The molecule has 1 aromatic rings. The van der Waals surface area contributed by atoms with E-state index in [1.807, 2.05) is 12.1 Å². The molecule has 0 N–H and O–H groups in total. The SMILES string of the molecule is COc1ccc(CCCC(=O)N2CCC[C@H]2[C@H]2CCCN2C)cc1. The lowest BCUT2D eigenvalue weighted by Crippen LogP contribution is -2.47. The predicted octanol–water partition coefficient (Wildman–Crippen LogP) is 3.10. The van der Waals surface area contributed by atoms with Crippen LogP contribution in [0.3, 0.4) is 0 Å². The molecule has 1 aromatic carbocycles. The number of carbonyl (C=O) groups excluding carboxylic acids is 1. The summed E-state index contributed by atoms with van der Waals surface area (Å²) in [5.74, 6) is 1.24. The van der Waals surface area contributed by atoms with Crippen molar-refractivity contribution in [2.75, 3.05) is 27.2 Å². The first-order valence-electron chi connectivity index (χ1n) is 9.31. The topological polar surface area (TPSA) is 32.8 Å². The molecule has 2 aliphatic heterocycles. The van der Waals surface area contributed by atoms with Crippen molar-refractivity contribution in [2.45, 2.75) is 57.0 Å². The smallest absolute Gasteiger partial charge is 0.222 e. The van der Waals surface area contributed by atoms with Gasteiger partial charge in [0.25, 0.3) is 0 Å². The van der Waals surface area contributed by atoms with Gasteiger partial charge in [0, 0.05) is 25.0 Å². The van der Waals surface area contributed by atoms with Crippen molar-refractivity contribution in [2.24, 2.45) is 0 Å². The van der Waals surface area contributed by atoms with E-state index in [0.717, 1.165) is 25.1 Å². The molecule has 132 valence electrons.